The molecule has 1 aliphatic rings. The molecular weight excluding hydrogens is 306 g/mol. The summed E-state index contributed by atoms with van der Waals surface area (Å²) in [6.07, 6.45) is 5.69. The van der Waals surface area contributed by atoms with Gasteiger partial charge in [-0.15, -0.1) is 0 Å². The average molecular weight is 336 g/mol. The third-order valence-electron chi connectivity index (χ3n) is 4.93. The highest BCUT2D eigenvalue weighted by Gasteiger charge is 2.33. The molecule has 0 radical (unpaired) electrons. The van der Waals surface area contributed by atoms with E-state index in [1.54, 1.807) is 0 Å². The molecule has 2 rings (SSSR count). The number of aliphatic hydroxyl groups is 1. The van der Waals surface area contributed by atoms with Gasteiger partial charge in [0, 0.05) is 17.1 Å². The molecule has 0 spiro atoms. The number of halogens is 1. The van der Waals surface area contributed by atoms with Crippen LogP contribution in [0.2, 0.25) is 5.02 Å². The molecule has 2 atom stereocenters. The third kappa shape index (κ3) is 4.82. The normalized spacial score (nSPS) is 20.5. The summed E-state index contributed by atoms with van der Waals surface area (Å²) < 4.78 is 0. The van der Waals surface area contributed by atoms with Gasteiger partial charge in [-0.2, -0.15) is 0 Å². The van der Waals surface area contributed by atoms with Crippen LogP contribution in [0.4, 0.5) is 0 Å². The average Bonchev–Trinajstić information content (AvgIpc) is 2.94. The largest absolute Gasteiger partial charge is 0.395 e. The summed E-state index contributed by atoms with van der Waals surface area (Å²) in [5.74, 6) is 0. The predicted octanol–water partition coefficient (Wildman–Crippen LogP) is 4.80. The van der Waals surface area contributed by atoms with E-state index in [2.05, 4.69) is 50.8 Å². The van der Waals surface area contributed by atoms with Crippen LogP contribution in [0.25, 0.3) is 0 Å². The molecule has 0 saturated carbocycles. The maximum absolute atomic E-state index is 9.69. The molecule has 1 aromatic rings. The van der Waals surface area contributed by atoms with Gasteiger partial charge in [0.2, 0.25) is 0 Å². The molecule has 128 valence electrons. The summed E-state index contributed by atoms with van der Waals surface area (Å²) in [6.45, 7) is 10.3. The van der Waals surface area contributed by atoms with Crippen molar-refractivity contribution in [2.24, 2.45) is 0 Å². The maximum atomic E-state index is 9.69. The van der Waals surface area contributed by atoms with Gasteiger partial charge in [-0.3, -0.25) is 4.90 Å². The molecule has 0 aliphatic carbocycles. The second-order valence-corrected chi connectivity index (χ2v) is 8.06. The van der Waals surface area contributed by atoms with Gasteiger partial charge in [-0.1, -0.05) is 49.2 Å². The van der Waals surface area contributed by atoms with Crippen LogP contribution < -0.4 is 0 Å². The number of aliphatic hydroxyl groups excluding tert-OH is 1. The first-order chi connectivity index (χ1) is 10.8. The Kier molecular flexibility index (Phi) is 6.30. The predicted molar refractivity (Wildman–Crippen MR) is 99.1 cm³/mol. The first-order valence-corrected chi connectivity index (χ1v) is 8.99. The van der Waals surface area contributed by atoms with Gasteiger partial charge in [0.05, 0.1) is 6.61 Å². The first kappa shape index (κ1) is 18.5. The van der Waals surface area contributed by atoms with Crippen molar-refractivity contribution in [2.45, 2.75) is 64.5 Å². The fourth-order valence-corrected chi connectivity index (χ4v) is 3.82. The van der Waals surface area contributed by atoms with Gasteiger partial charge in [-0.05, 0) is 62.8 Å². The molecule has 0 bridgehead atoms. The Hall–Kier alpha value is -0.830. The standard InChI is InChI=1S/C20H30ClNO/c1-15(2)12-19(22-11-5-6-18(22)14-23)13-20(3,4)16-7-9-17(21)10-8-16/h7-10,12,18-19,23H,5-6,11,13-14H2,1-4H3/t18-,19-/m1/s1. The van der Waals surface area contributed by atoms with E-state index in [0.717, 1.165) is 24.4 Å². The van der Waals surface area contributed by atoms with Gasteiger partial charge in [0.15, 0.2) is 0 Å². The van der Waals surface area contributed by atoms with Crippen LogP contribution in [0.3, 0.4) is 0 Å². The summed E-state index contributed by atoms with van der Waals surface area (Å²) in [6, 6.07) is 8.88. The molecular formula is C20H30ClNO. The Morgan fingerprint density at radius 1 is 1.35 bits per heavy atom. The van der Waals surface area contributed by atoms with E-state index in [0.29, 0.717) is 12.1 Å². The maximum Gasteiger partial charge on any atom is 0.0587 e. The molecule has 1 saturated heterocycles. The fraction of sp³-hybridized carbons (Fsp3) is 0.600. The molecule has 1 aliphatic heterocycles. The fourth-order valence-electron chi connectivity index (χ4n) is 3.69. The molecule has 0 unspecified atom stereocenters. The zero-order chi connectivity index (χ0) is 17.0. The second-order valence-electron chi connectivity index (χ2n) is 7.62. The highest BCUT2D eigenvalue weighted by atomic mass is 35.5. The van der Waals surface area contributed by atoms with Crippen LogP contribution in [0, 0.1) is 0 Å². The number of rotatable bonds is 6. The van der Waals surface area contributed by atoms with Crippen molar-refractivity contribution >= 4 is 11.6 Å². The number of benzene rings is 1. The van der Waals surface area contributed by atoms with E-state index in [1.807, 2.05) is 12.1 Å². The smallest absolute Gasteiger partial charge is 0.0587 e. The molecule has 0 aromatic heterocycles. The zero-order valence-corrected chi connectivity index (χ0v) is 15.6. The lowest BCUT2D eigenvalue weighted by Crippen LogP contribution is -2.43. The lowest BCUT2D eigenvalue weighted by molar-refractivity contribution is 0.123. The number of nitrogens with zero attached hydrogens (tertiary/aromatic N) is 1. The van der Waals surface area contributed by atoms with Crippen molar-refractivity contribution in [3.8, 4) is 0 Å². The Balaban J connectivity index is 2.22. The lowest BCUT2D eigenvalue weighted by Gasteiger charge is -2.37. The van der Waals surface area contributed by atoms with Crippen LogP contribution in [0.15, 0.2) is 35.9 Å². The SMILES string of the molecule is CC(C)=C[C@H](CC(C)(C)c1ccc(Cl)cc1)N1CCC[C@@H]1CO. The van der Waals surface area contributed by atoms with E-state index in [4.69, 9.17) is 11.6 Å². The molecule has 0 amide bonds. The first-order valence-electron chi connectivity index (χ1n) is 8.61. The summed E-state index contributed by atoms with van der Waals surface area (Å²) in [5.41, 5.74) is 2.71. The molecule has 23 heavy (non-hydrogen) atoms. The van der Waals surface area contributed by atoms with Gasteiger partial charge >= 0.3 is 0 Å². The van der Waals surface area contributed by atoms with Gasteiger partial charge in [0.1, 0.15) is 0 Å². The van der Waals surface area contributed by atoms with E-state index >= 15 is 0 Å². The molecule has 1 aromatic carbocycles. The minimum atomic E-state index is 0.0593. The van der Waals surface area contributed by atoms with Crippen LogP contribution >= 0.6 is 11.6 Å². The highest BCUT2D eigenvalue weighted by Crippen LogP contribution is 2.33. The zero-order valence-electron chi connectivity index (χ0n) is 14.8. The van der Waals surface area contributed by atoms with Crippen molar-refractivity contribution in [2.75, 3.05) is 13.2 Å². The van der Waals surface area contributed by atoms with Crippen LogP contribution in [0.5, 0.6) is 0 Å². The molecule has 1 heterocycles. The summed E-state index contributed by atoms with van der Waals surface area (Å²) >= 11 is 6.03. The number of hydrogen-bond acceptors (Lipinski definition) is 2. The van der Waals surface area contributed by atoms with Crippen molar-refractivity contribution in [3.05, 3.63) is 46.5 Å². The highest BCUT2D eigenvalue weighted by molar-refractivity contribution is 6.30. The summed E-state index contributed by atoms with van der Waals surface area (Å²) in [4.78, 5) is 2.49. The van der Waals surface area contributed by atoms with Crippen LogP contribution in [-0.2, 0) is 5.41 Å². The van der Waals surface area contributed by atoms with Crippen LogP contribution in [-0.4, -0.2) is 35.2 Å². The molecule has 1 fully saturated rings. The van der Waals surface area contributed by atoms with E-state index in [9.17, 15) is 5.11 Å². The Morgan fingerprint density at radius 3 is 2.57 bits per heavy atom. The summed E-state index contributed by atoms with van der Waals surface area (Å²) in [5, 5.41) is 10.5. The third-order valence-corrected chi connectivity index (χ3v) is 5.18. The van der Waals surface area contributed by atoms with Crippen molar-refractivity contribution in [3.63, 3.8) is 0 Å². The Morgan fingerprint density at radius 2 is 2.00 bits per heavy atom. The van der Waals surface area contributed by atoms with Gasteiger partial charge in [-0.25, -0.2) is 0 Å². The Labute approximate surface area is 146 Å². The van der Waals surface area contributed by atoms with Crippen molar-refractivity contribution in [1.82, 2.24) is 4.90 Å². The summed E-state index contributed by atoms with van der Waals surface area (Å²) in [7, 11) is 0. The number of allylic oxidation sites excluding steroid dienone is 1. The van der Waals surface area contributed by atoms with E-state index in [1.165, 1.54) is 17.6 Å². The Bertz CT molecular complexity index is 531. The van der Waals surface area contributed by atoms with Crippen molar-refractivity contribution < 1.29 is 5.11 Å². The van der Waals surface area contributed by atoms with Gasteiger partial charge < -0.3 is 5.11 Å². The quantitative estimate of drug-likeness (QED) is 0.755. The van der Waals surface area contributed by atoms with Gasteiger partial charge in [0.25, 0.3) is 0 Å². The van der Waals surface area contributed by atoms with E-state index in [-0.39, 0.29) is 12.0 Å². The number of hydrogen-bond donors (Lipinski definition) is 1. The molecule has 3 heteroatoms. The monoisotopic (exact) mass is 335 g/mol. The molecule has 2 nitrogen and oxygen atoms in total. The van der Waals surface area contributed by atoms with E-state index < -0.39 is 0 Å². The minimum Gasteiger partial charge on any atom is -0.395 e. The lowest BCUT2D eigenvalue weighted by atomic mass is 9.78. The minimum absolute atomic E-state index is 0.0593. The number of likely N-dealkylation sites (tertiary alicyclic amines) is 1. The topological polar surface area (TPSA) is 23.5 Å². The van der Waals surface area contributed by atoms with Crippen LogP contribution in [0.1, 0.15) is 52.5 Å². The van der Waals surface area contributed by atoms with Crippen molar-refractivity contribution in [1.29, 1.82) is 0 Å². The molecule has 1 N–H and O–H groups in total. The second kappa shape index (κ2) is 7.83.